The van der Waals surface area contributed by atoms with E-state index in [2.05, 4.69) is 4.98 Å². The van der Waals surface area contributed by atoms with E-state index in [1.165, 1.54) is 6.07 Å². The minimum Gasteiger partial charge on any atom is -0.489 e. The van der Waals surface area contributed by atoms with Gasteiger partial charge in [0.2, 0.25) is 5.88 Å². The van der Waals surface area contributed by atoms with Crippen LogP contribution in [0.25, 0.3) is 0 Å². The van der Waals surface area contributed by atoms with E-state index in [9.17, 15) is 14.9 Å². The molecule has 0 N–H and O–H groups in total. The van der Waals surface area contributed by atoms with Gasteiger partial charge in [0.1, 0.15) is 24.1 Å². The quantitative estimate of drug-likeness (QED) is 0.497. The van der Waals surface area contributed by atoms with Crippen molar-refractivity contribution in [2.24, 2.45) is 0 Å². The molecule has 1 aromatic heterocycles. The lowest BCUT2D eigenvalue weighted by Crippen LogP contribution is -2.44. The Morgan fingerprint density at radius 2 is 1.90 bits per heavy atom. The van der Waals surface area contributed by atoms with Gasteiger partial charge < -0.3 is 19.1 Å². The Bertz CT molecular complexity index is 902. The summed E-state index contributed by atoms with van der Waals surface area (Å²) in [6.45, 7) is 6.74. The number of para-hydroxylation sites is 1. The molecule has 0 bridgehead atoms. The minimum absolute atomic E-state index is 0.0141. The summed E-state index contributed by atoms with van der Waals surface area (Å²) in [5.41, 5.74) is -0.0164. The number of carbonyl (C=O) groups excluding carboxylic acids is 1. The van der Waals surface area contributed by atoms with Crippen molar-refractivity contribution < 1.29 is 23.9 Å². The largest absolute Gasteiger partial charge is 0.489 e. The summed E-state index contributed by atoms with van der Waals surface area (Å²) in [6, 6.07) is 9.85. The number of nitro benzene ring substituents is 1. The summed E-state index contributed by atoms with van der Waals surface area (Å²) in [7, 11) is 0. The Kier molecular flexibility index (Phi) is 6.94. The van der Waals surface area contributed by atoms with Gasteiger partial charge in [-0.3, -0.25) is 10.1 Å². The summed E-state index contributed by atoms with van der Waals surface area (Å²) < 4.78 is 16.9. The summed E-state index contributed by atoms with van der Waals surface area (Å²) in [5.74, 6) is 0.957. The van der Waals surface area contributed by atoms with Gasteiger partial charge in [0.15, 0.2) is 0 Å². The lowest BCUT2D eigenvalue weighted by Gasteiger charge is -2.33. The minimum atomic E-state index is -0.509. The zero-order chi connectivity index (χ0) is 22.4. The van der Waals surface area contributed by atoms with Crippen molar-refractivity contribution in [3.63, 3.8) is 0 Å². The molecule has 9 nitrogen and oxygen atoms in total. The summed E-state index contributed by atoms with van der Waals surface area (Å²) >= 11 is 0. The first-order valence-electron chi connectivity index (χ1n) is 10.2. The van der Waals surface area contributed by atoms with Crippen molar-refractivity contribution in [2.75, 3.05) is 13.1 Å². The standard InChI is InChI=1S/C22H27N3O6/c1-22(2,3)31-21(26)24-12-10-17(11-13-24)30-18-8-9-20(23-14-18)29-15-16-6-4-5-7-19(16)25(27)28/h4-9,14,17H,10-13,15H2,1-3H3. The molecule has 0 saturated carbocycles. The van der Waals surface area contributed by atoms with Crippen molar-refractivity contribution >= 4 is 11.8 Å². The van der Waals surface area contributed by atoms with Crippen molar-refractivity contribution in [1.82, 2.24) is 9.88 Å². The fourth-order valence-electron chi connectivity index (χ4n) is 3.16. The average Bonchev–Trinajstić information content (AvgIpc) is 2.72. The number of hydrogen-bond donors (Lipinski definition) is 0. The van der Waals surface area contributed by atoms with Gasteiger partial charge in [0.25, 0.3) is 5.69 Å². The van der Waals surface area contributed by atoms with E-state index < -0.39 is 10.5 Å². The van der Waals surface area contributed by atoms with Gasteiger partial charge in [0.05, 0.1) is 16.7 Å². The molecule has 1 aliphatic heterocycles. The van der Waals surface area contributed by atoms with Gasteiger partial charge >= 0.3 is 6.09 Å². The monoisotopic (exact) mass is 429 g/mol. The van der Waals surface area contributed by atoms with E-state index in [-0.39, 0.29) is 24.5 Å². The number of nitro groups is 1. The second-order valence-corrected chi connectivity index (χ2v) is 8.29. The van der Waals surface area contributed by atoms with Gasteiger partial charge in [0, 0.05) is 38.1 Å². The van der Waals surface area contributed by atoms with Gasteiger partial charge in [-0.25, -0.2) is 9.78 Å². The van der Waals surface area contributed by atoms with E-state index in [0.717, 1.165) is 0 Å². The van der Waals surface area contributed by atoms with Gasteiger partial charge in [-0.1, -0.05) is 12.1 Å². The molecule has 2 heterocycles. The van der Waals surface area contributed by atoms with E-state index in [0.29, 0.717) is 43.1 Å². The number of rotatable bonds is 6. The molecule has 1 aliphatic rings. The number of carbonyl (C=O) groups is 1. The van der Waals surface area contributed by atoms with Crippen LogP contribution in [0, 0.1) is 10.1 Å². The van der Waals surface area contributed by atoms with Crippen LogP contribution in [0.4, 0.5) is 10.5 Å². The number of aromatic nitrogens is 1. The maximum absolute atomic E-state index is 12.1. The molecule has 0 spiro atoms. The number of pyridine rings is 1. The van der Waals surface area contributed by atoms with E-state index in [1.807, 2.05) is 20.8 Å². The molecule has 1 amide bonds. The number of benzene rings is 1. The zero-order valence-electron chi connectivity index (χ0n) is 17.9. The third-order valence-electron chi connectivity index (χ3n) is 4.67. The number of amides is 1. The fourth-order valence-corrected chi connectivity index (χ4v) is 3.16. The predicted octanol–water partition coefficient (Wildman–Crippen LogP) is 4.35. The van der Waals surface area contributed by atoms with E-state index in [1.54, 1.807) is 41.4 Å². The number of hydrogen-bond acceptors (Lipinski definition) is 7. The summed E-state index contributed by atoms with van der Waals surface area (Å²) in [4.78, 5) is 28.7. The molecular formula is C22H27N3O6. The molecule has 9 heteroatoms. The van der Waals surface area contributed by atoms with E-state index >= 15 is 0 Å². The lowest BCUT2D eigenvalue weighted by molar-refractivity contribution is -0.385. The Morgan fingerprint density at radius 3 is 2.52 bits per heavy atom. The van der Waals surface area contributed by atoms with Crippen LogP contribution in [0.3, 0.4) is 0 Å². The van der Waals surface area contributed by atoms with Crippen LogP contribution in [0.5, 0.6) is 11.6 Å². The molecule has 0 atom stereocenters. The van der Waals surface area contributed by atoms with Gasteiger partial charge in [-0.2, -0.15) is 0 Å². The molecule has 0 aliphatic carbocycles. The smallest absolute Gasteiger partial charge is 0.410 e. The maximum atomic E-state index is 12.1. The molecule has 0 radical (unpaired) electrons. The average molecular weight is 429 g/mol. The molecule has 166 valence electrons. The Labute approximate surface area is 181 Å². The zero-order valence-corrected chi connectivity index (χ0v) is 17.9. The Hall–Kier alpha value is -3.36. The highest BCUT2D eigenvalue weighted by Gasteiger charge is 2.27. The second-order valence-electron chi connectivity index (χ2n) is 8.29. The number of likely N-dealkylation sites (tertiary alicyclic amines) is 1. The number of nitrogens with zero attached hydrogens (tertiary/aromatic N) is 3. The van der Waals surface area contributed by atoms with Crippen LogP contribution in [0.2, 0.25) is 0 Å². The second kappa shape index (κ2) is 9.63. The third-order valence-corrected chi connectivity index (χ3v) is 4.67. The van der Waals surface area contributed by atoms with Crippen LogP contribution >= 0.6 is 0 Å². The third kappa shape index (κ3) is 6.56. The highest BCUT2D eigenvalue weighted by atomic mass is 16.6. The first-order valence-corrected chi connectivity index (χ1v) is 10.2. The predicted molar refractivity (Wildman–Crippen MR) is 113 cm³/mol. The van der Waals surface area contributed by atoms with Crippen molar-refractivity contribution in [1.29, 1.82) is 0 Å². The topological polar surface area (TPSA) is 104 Å². The number of ether oxygens (including phenoxy) is 3. The Morgan fingerprint density at radius 1 is 1.19 bits per heavy atom. The molecule has 1 fully saturated rings. The van der Waals surface area contributed by atoms with Crippen LogP contribution in [0.15, 0.2) is 42.6 Å². The summed E-state index contributed by atoms with van der Waals surface area (Å²) in [5, 5.41) is 11.1. The van der Waals surface area contributed by atoms with Crippen molar-refractivity contribution in [3.8, 4) is 11.6 Å². The molecule has 3 rings (SSSR count). The molecule has 1 saturated heterocycles. The maximum Gasteiger partial charge on any atom is 0.410 e. The van der Waals surface area contributed by atoms with Crippen LogP contribution in [-0.4, -0.2) is 45.7 Å². The van der Waals surface area contributed by atoms with Crippen LogP contribution in [-0.2, 0) is 11.3 Å². The highest BCUT2D eigenvalue weighted by Crippen LogP contribution is 2.23. The summed E-state index contributed by atoms with van der Waals surface area (Å²) in [6.07, 6.45) is 2.66. The molecular weight excluding hydrogens is 402 g/mol. The first kappa shape index (κ1) is 22.3. The highest BCUT2D eigenvalue weighted by molar-refractivity contribution is 5.68. The van der Waals surface area contributed by atoms with Crippen molar-refractivity contribution in [2.45, 2.75) is 51.9 Å². The normalized spacial score (nSPS) is 14.7. The van der Waals surface area contributed by atoms with Gasteiger partial charge in [-0.05, 0) is 32.9 Å². The Balaban J connectivity index is 1.47. The molecule has 1 aromatic carbocycles. The fraction of sp³-hybridized carbons (Fsp3) is 0.455. The SMILES string of the molecule is CC(C)(C)OC(=O)N1CCC(Oc2ccc(OCc3ccccc3[N+](=O)[O-])nc2)CC1. The molecule has 2 aromatic rings. The number of piperidine rings is 1. The van der Waals surface area contributed by atoms with Crippen LogP contribution in [0.1, 0.15) is 39.2 Å². The van der Waals surface area contributed by atoms with Gasteiger partial charge in [-0.15, -0.1) is 0 Å². The lowest BCUT2D eigenvalue weighted by atomic mass is 10.1. The molecule has 31 heavy (non-hydrogen) atoms. The van der Waals surface area contributed by atoms with Crippen molar-refractivity contribution in [3.05, 3.63) is 58.3 Å². The molecule has 0 unspecified atom stereocenters. The van der Waals surface area contributed by atoms with Crippen LogP contribution < -0.4 is 9.47 Å². The van der Waals surface area contributed by atoms with E-state index in [4.69, 9.17) is 14.2 Å². The first-order chi connectivity index (χ1) is 14.7.